The van der Waals surface area contributed by atoms with Crippen LogP contribution in [0.2, 0.25) is 0 Å². The van der Waals surface area contributed by atoms with Crippen LogP contribution >= 0.6 is 0 Å². The van der Waals surface area contributed by atoms with Crippen molar-refractivity contribution >= 4 is 21.9 Å². The molecule has 1 heterocycles. The second-order valence-electron chi connectivity index (χ2n) is 18.5. The smallest absolute Gasteiger partial charge is 0.204 e. The maximum Gasteiger partial charge on any atom is 0.204 e. The van der Waals surface area contributed by atoms with Crippen LogP contribution in [0.4, 0.5) is 0 Å². The summed E-state index contributed by atoms with van der Waals surface area (Å²) in [5.41, 5.74) is 3.21. The summed E-state index contributed by atoms with van der Waals surface area (Å²) < 4.78 is 25.3. The van der Waals surface area contributed by atoms with Crippen molar-refractivity contribution in [3.05, 3.63) is 56.8 Å². The van der Waals surface area contributed by atoms with E-state index in [2.05, 4.69) is 37.5 Å². The second kappa shape index (κ2) is 30.6. The third kappa shape index (κ3) is 18.4. The number of fused-ring (bicyclic) bond motifs is 2. The fourth-order valence-electron chi connectivity index (χ4n) is 8.38. The van der Waals surface area contributed by atoms with Crippen molar-refractivity contribution in [1.29, 1.82) is 0 Å². The van der Waals surface area contributed by atoms with Crippen LogP contribution in [0, 0.1) is 0 Å². The van der Waals surface area contributed by atoms with Crippen molar-refractivity contribution in [2.75, 3.05) is 59.6 Å². The molecule has 1 aromatic heterocycles. The standard InChI is InChI=1S/C54H88N2O8/c1-10-14-18-22-30-55(31-23-19-15-11-2)36-42(57)38-62-46-34-48-51(52(59)44(46)28-26-40(5)6)53(60)50-45(29-27-41(7)8)54(61-9)49(35-47(50)64-48)63-39-43(58)37-56(32-24-20-16-12-3)33-25-21-17-13-4/h26-27,34-35,42-43,57-59H,10-25,28-33,36-39H2,1-9H3. The van der Waals surface area contributed by atoms with Gasteiger partial charge in [0.25, 0.3) is 0 Å². The number of phenolic OH excluding ortho intramolecular Hbond substituents is 1. The van der Waals surface area contributed by atoms with Gasteiger partial charge in [-0.1, -0.05) is 128 Å². The summed E-state index contributed by atoms with van der Waals surface area (Å²) in [5.74, 6) is 0.910. The minimum absolute atomic E-state index is 0.0181. The molecule has 0 aliphatic carbocycles. The number of ether oxygens (including phenoxy) is 3. The Bertz CT molecular complexity index is 1890. The Morgan fingerprint density at radius 2 is 1.02 bits per heavy atom. The highest BCUT2D eigenvalue weighted by molar-refractivity contribution is 5.98. The highest BCUT2D eigenvalue weighted by Gasteiger charge is 2.26. The molecular weight excluding hydrogens is 805 g/mol. The van der Waals surface area contributed by atoms with Gasteiger partial charge in [-0.3, -0.25) is 4.79 Å². The number of aromatic hydroxyl groups is 1. The van der Waals surface area contributed by atoms with E-state index in [-0.39, 0.29) is 40.9 Å². The molecule has 64 heavy (non-hydrogen) atoms. The Balaban J connectivity index is 2.04. The lowest BCUT2D eigenvalue weighted by atomic mass is 9.98. The molecule has 3 rings (SSSR count). The maximum atomic E-state index is 14.8. The summed E-state index contributed by atoms with van der Waals surface area (Å²) in [5, 5.41) is 35.1. The van der Waals surface area contributed by atoms with Gasteiger partial charge in [-0.2, -0.15) is 0 Å². The molecule has 362 valence electrons. The van der Waals surface area contributed by atoms with Crippen LogP contribution in [0.1, 0.15) is 169 Å². The first-order valence-electron chi connectivity index (χ1n) is 25.1. The highest BCUT2D eigenvalue weighted by Crippen LogP contribution is 2.42. The number of methoxy groups -OCH3 is 1. The van der Waals surface area contributed by atoms with E-state index in [0.717, 1.165) is 63.0 Å². The van der Waals surface area contributed by atoms with Crippen molar-refractivity contribution in [2.45, 2.75) is 183 Å². The summed E-state index contributed by atoms with van der Waals surface area (Å²) >= 11 is 0. The van der Waals surface area contributed by atoms with E-state index in [1.165, 1.54) is 77.0 Å². The molecule has 3 aromatic rings. The second-order valence-corrected chi connectivity index (χ2v) is 18.5. The predicted molar refractivity (Wildman–Crippen MR) is 267 cm³/mol. The van der Waals surface area contributed by atoms with E-state index in [1.54, 1.807) is 19.2 Å². The average Bonchev–Trinajstić information content (AvgIpc) is 3.26. The fraction of sp³-hybridized carbons (Fsp3) is 0.685. The molecule has 0 aliphatic rings. The van der Waals surface area contributed by atoms with Gasteiger partial charge in [0.1, 0.15) is 53.5 Å². The lowest BCUT2D eigenvalue weighted by molar-refractivity contribution is 0.0658. The fourth-order valence-corrected chi connectivity index (χ4v) is 8.38. The third-order valence-corrected chi connectivity index (χ3v) is 12.1. The summed E-state index contributed by atoms with van der Waals surface area (Å²) in [6.07, 6.45) is 21.9. The van der Waals surface area contributed by atoms with Crippen molar-refractivity contribution < 1.29 is 33.9 Å². The van der Waals surface area contributed by atoms with Gasteiger partial charge in [0, 0.05) is 36.3 Å². The van der Waals surface area contributed by atoms with Gasteiger partial charge in [-0.15, -0.1) is 0 Å². The lowest BCUT2D eigenvalue weighted by Gasteiger charge is -2.26. The van der Waals surface area contributed by atoms with Crippen molar-refractivity contribution in [3.63, 3.8) is 0 Å². The number of hydrogen-bond acceptors (Lipinski definition) is 10. The van der Waals surface area contributed by atoms with E-state index in [9.17, 15) is 20.1 Å². The van der Waals surface area contributed by atoms with Crippen LogP contribution in [0.5, 0.6) is 23.0 Å². The largest absolute Gasteiger partial charge is 0.507 e. The Morgan fingerprint density at radius 3 is 1.44 bits per heavy atom. The number of aliphatic hydroxyl groups excluding tert-OH is 2. The first-order valence-corrected chi connectivity index (χ1v) is 25.1. The van der Waals surface area contributed by atoms with Gasteiger partial charge in [0.2, 0.25) is 5.43 Å². The van der Waals surface area contributed by atoms with Crippen LogP contribution in [-0.4, -0.2) is 96.9 Å². The number of nitrogens with zero attached hydrogens (tertiary/aromatic N) is 2. The molecule has 2 aromatic carbocycles. The quantitative estimate of drug-likeness (QED) is 0.0299. The zero-order valence-electron chi connectivity index (χ0n) is 41.6. The zero-order valence-corrected chi connectivity index (χ0v) is 41.6. The Morgan fingerprint density at radius 1 is 0.609 bits per heavy atom. The van der Waals surface area contributed by atoms with Crippen molar-refractivity contribution in [2.24, 2.45) is 0 Å². The molecule has 2 unspecified atom stereocenters. The van der Waals surface area contributed by atoms with Gasteiger partial charge in [0.05, 0.1) is 12.5 Å². The summed E-state index contributed by atoms with van der Waals surface area (Å²) in [6.45, 7) is 21.6. The first kappa shape index (κ1) is 54.8. The summed E-state index contributed by atoms with van der Waals surface area (Å²) in [4.78, 5) is 19.5. The summed E-state index contributed by atoms with van der Waals surface area (Å²) in [6, 6.07) is 3.33. The molecule has 2 atom stereocenters. The Labute approximate surface area is 387 Å². The molecule has 10 nitrogen and oxygen atoms in total. The van der Waals surface area contributed by atoms with Gasteiger partial charge < -0.3 is 43.7 Å². The van der Waals surface area contributed by atoms with Gasteiger partial charge >= 0.3 is 0 Å². The number of allylic oxidation sites excluding steroid dienone is 4. The van der Waals surface area contributed by atoms with Crippen LogP contribution < -0.4 is 19.6 Å². The number of phenols is 1. The Hall–Kier alpha value is -3.57. The van der Waals surface area contributed by atoms with Crippen molar-refractivity contribution in [1.82, 2.24) is 9.80 Å². The van der Waals surface area contributed by atoms with Gasteiger partial charge in [-0.05, 0) is 92.4 Å². The SMILES string of the molecule is CCCCCCN(CCCCCC)CC(O)COc1cc2oc3cc(OCC(O)CN(CCCCCC)CCCCCC)c(OC)c(CC=C(C)C)c3c(=O)c2c(O)c1CC=C(C)C. The van der Waals surface area contributed by atoms with Crippen LogP contribution in [0.3, 0.4) is 0 Å². The molecule has 0 saturated carbocycles. The number of rotatable bonds is 35. The topological polar surface area (TPSA) is 125 Å². The number of benzene rings is 2. The van der Waals surface area contributed by atoms with Gasteiger partial charge in [0.15, 0.2) is 11.5 Å². The van der Waals surface area contributed by atoms with E-state index in [0.29, 0.717) is 59.7 Å². The minimum atomic E-state index is -0.760. The lowest BCUT2D eigenvalue weighted by Crippen LogP contribution is -2.37. The van der Waals surface area contributed by atoms with Crippen molar-refractivity contribution in [3.8, 4) is 23.0 Å². The molecular formula is C54H88N2O8. The van der Waals surface area contributed by atoms with Crippen LogP contribution in [0.25, 0.3) is 21.9 Å². The molecule has 0 fully saturated rings. The van der Waals surface area contributed by atoms with E-state index >= 15 is 0 Å². The predicted octanol–water partition coefficient (Wildman–Crippen LogP) is 12.1. The monoisotopic (exact) mass is 893 g/mol. The highest BCUT2D eigenvalue weighted by atomic mass is 16.5. The molecule has 3 N–H and O–H groups in total. The third-order valence-electron chi connectivity index (χ3n) is 12.1. The molecule has 0 saturated heterocycles. The molecule has 0 radical (unpaired) electrons. The number of hydrogen-bond donors (Lipinski definition) is 3. The normalized spacial score (nSPS) is 12.6. The minimum Gasteiger partial charge on any atom is -0.507 e. The van der Waals surface area contributed by atoms with Crippen LogP contribution in [0.15, 0.2) is 44.6 Å². The van der Waals surface area contributed by atoms with Gasteiger partial charge in [-0.25, -0.2) is 0 Å². The average molecular weight is 893 g/mol. The zero-order chi connectivity index (χ0) is 46.9. The molecule has 0 spiro atoms. The Kier molecular flexibility index (Phi) is 26.2. The maximum absolute atomic E-state index is 14.8. The molecule has 10 heteroatoms. The number of unbranched alkanes of at least 4 members (excludes halogenated alkanes) is 12. The van der Waals surface area contributed by atoms with E-state index in [1.807, 2.05) is 39.8 Å². The summed E-state index contributed by atoms with van der Waals surface area (Å²) in [7, 11) is 1.55. The molecule has 0 aliphatic heterocycles. The molecule has 0 amide bonds. The molecule has 0 bridgehead atoms. The van der Waals surface area contributed by atoms with Crippen LogP contribution in [-0.2, 0) is 12.8 Å². The first-order chi connectivity index (χ1) is 30.9. The number of aliphatic hydroxyl groups is 2. The van der Waals surface area contributed by atoms with E-state index < -0.39 is 12.2 Å². The van der Waals surface area contributed by atoms with E-state index in [4.69, 9.17) is 18.6 Å².